The molecule has 2 aromatic rings. The number of hydrogen-bond acceptors (Lipinski definition) is 4. The molecule has 7 heteroatoms. The number of anilines is 1. The molecular formula is C21H21BrN2O4. The van der Waals surface area contributed by atoms with E-state index in [1.807, 2.05) is 36.4 Å². The van der Waals surface area contributed by atoms with Crippen LogP contribution in [0.4, 0.5) is 5.69 Å². The molecule has 1 heterocycles. The largest absolute Gasteiger partial charge is 0.455 e. The average molecular weight is 445 g/mol. The Kier molecular flexibility index (Phi) is 6.81. The summed E-state index contributed by atoms with van der Waals surface area (Å²) in [5.41, 5.74) is 1.75. The average Bonchev–Trinajstić information content (AvgIpc) is 3.06. The monoisotopic (exact) mass is 444 g/mol. The molecule has 1 aliphatic heterocycles. The van der Waals surface area contributed by atoms with Crippen molar-refractivity contribution in [3.8, 4) is 0 Å². The van der Waals surface area contributed by atoms with Gasteiger partial charge in [-0.2, -0.15) is 0 Å². The van der Waals surface area contributed by atoms with Gasteiger partial charge in [0.15, 0.2) is 6.61 Å². The summed E-state index contributed by atoms with van der Waals surface area (Å²) in [4.78, 5) is 38.0. The van der Waals surface area contributed by atoms with Gasteiger partial charge in [-0.3, -0.25) is 14.4 Å². The van der Waals surface area contributed by atoms with Crippen molar-refractivity contribution >= 4 is 39.4 Å². The number of halogens is 1. The molecular weight excluding hydrogens is 424 g/mol. The lowest BCUT2D eigenvalue weighted by atomic mass is 10.1. The third kappa shape index (κ3) is 5.66. The van der Waals surface area contributed by atoms with Crippen molar-refractivity contribution in [1.82, 2.24) is 4.90 Å². The predicted molar refractivity (Wildman–Crippen MR) is 109 cm³/mol. The van der Waals surface area contributed by atoms with Crippen LogP contribution in [0.15, 0.2) is 59.1 Å². The molecule has 0 radical (unpaired) electrons. The highest BCUT2D eigenvalue weighted by Gasteiger charge is 2.35. The van der Waals surface area contributed by atoms with Crippen molar-refractivity contribution < 1.29 is 19.1 Å². The van der Waals surface area contributed by atoms with Crippen LogP contribution in [-0.4, -0.2) is 42.4 Å². The second kappa shape index (κ2) is 9.50. The summed E-state index contributed by atoms with van der Waals surface area (Å²) >= 11 is 3.32. The van der Waals surface area contributed by atoms with E-state index < -0.39 is 17.8 Å². The number of hydrogen-bond donors (Lipinski definition) is 1. The Morgan fingerprint density at radius 1 is 1.14 bits per heavy atom. The molecule has 0 bridgehead atoms. The predicted octanol–water partition coefficient (Wildman–Crippen LogP) is 3.02. The van der Waals surface area contributed by atoms with E-state index in [1.54, 1.807) is 23.1 Å². The molecule has 1 N–H and O–H groups in total. The Hall–Kier alpha value is -2.67. The van der Waals surface area contributed by atoms with Crippen molar-refractivity contribution in [3.05, 3.63) is 64.6 Å². The van der Waals surface area contributed by atoms with E-state index in [2.05, 4.69) is 21.2 Å². The fraction of sp³-hybridized carbons (Fsp3) is 0.286. The van der Waals surface area contributed by atoms with E-state index in [0.717, 1.165) is 16.5 Å². The maximum absolute atomic E-state index is 12.2. The Balaban J connectivity index is 1.43. The number of amides is 2. The Bertz CT molecular complexity index is 856. The zero-order valence-electron chi connectivity index (χ0n) is 15.3. The fourth-order valence-electron chi connectivity index (χ4n) is 3.07. The van der Waals surface area contributed by atoms with Gasteiger partial charge in [0.2, 0.25) is 5.91 Å². The second-order valence-corrected chi connectivity index (χ2v) is 7.56. The van der Waals surface area contributed by atoms with Crippen LogP contribution in [0, 0.1) is 5.92 Å². The number of nitrogens with one attached hydrogen (secondary N) is 1. The number of ether oxygens (including phenoxy) is 1. The molecule has 3 rings (SSSR count). The van der Waals surface area contributed by atoms with Crippen molar-refractivity contribution in [2.24, 2.45) is 5.92 Å². The van der Waals surface area contributed by atoms with Crippen molar-refractivity contribution in [1.29, 1.82) is 0 Å². The van der Waals surface area contributed by atoms with Gasteiger partial charge in [-0.05, 0) is 30.2 Å². The quantitative estimate of drug-likeness (QED) is 0.665. The van der Waals surface area contributed by atoms with Gasteiger partial charge in [0.25, 0.3) is 5.91 Å². The summed E-state index contributed by atoms with van der Waals surface area (Å²) in [5.74, 6) is -1.52. The lowest BCUT2D eigenvalue weighted by molar-refractivity contribution is -0.151. The number of rotatable bonds is 7. The minimum atomic E-state index is -0.526. The van der Waals surface area contributed by atoms with E-state index in [9.17, 15) is 14.4 Å². The maximum Gasteiger partial charge on any atom is 0.311 e. The fourth-order valence-corrected chi connectivity index (χ4v) is 3.47. The van der Waals surface area contributed by atoms with Crippen LogP contribution in [-0.2, 0) is 25.5 Å². The molecule has 1 atom stereocenters. The number of esters is 1. The molecule has 0 aromatic heterocycles. The van der Waals surface area contributed by atoms with Gasteiger partial charge in [0.05, 0.1) is 5.92 Å². The summed E-state index contributed by atoms with van der Waals surface area (Å²) in [6.45, 7) is 0.522. The first kappa shape index (κ1) is 20.1. The van der Waals surface area contributed by atoms with E-state index in [0.29, 0.717) is 18.8 Å². The first-order chi connectivity index (χ1) is 13.5. The number of carbonyl (C=O) groups excluding carboxylic acids is 3. The Morgan fingerprint density at radius 2 is 1.93 bits per heavy atom. The summed E-state index contributed by atoms with van der Waals surface area (Å²) < 4.78 is 5.94. The third-order valence-electron chi connectivity index (χ3n) is 4.51. The van der Waals surface area contributed by atoms with Crippen LogP contribution in [0.1, 0.15) is 12.0 Å². The number of carbonyl (C=O) groups is 3. The van der Waals surface area contributed by atoms with Crippen molar-refractivity contribution in [2.75, 3.05) is 25.0 Å². The smallest absolute Gasteiger partial charge is 0.311 e. The van der Waals surface area contributed by atoms with Crippen LogP contribution < -0.4 is 5.32 Å². The van der Waals surface area contributed by atoms with Gasteiger partial charge in [-0.15, -0.1) is 0 Å². The minimum Gasteiger partial charge on any atom is -0.455 e. The normalized spacial score (nSPS) is 16.1. The van der Waals surface area contributed by atoms with Crippen LogP contribution in [0.3, 0.4) is 0 Å². The van der Waals surface area contributed by atoms with E-state index >= 15 is 0 Å². The highest BCUT2D eigenvalue weighted by atomic mass is 79.9. The summed E-state index contributed by atoms with van der Waals surface area (Å²) in [7, 11) is 0. The Morgan fingerprint density at radius 3 is 2.68 bits per heavy atom. The van der Waals surface area contributed by atoms with Gasteiger partial charge in [-0.1, -0.05) is 52.3 Å². The summed E-state index contributed by atoms with van der Waals surface area (Å²) in [6, 6.07) is 17.0. The Labute approximate surface area is 172 Å². The highest BCUT2D eigenvalue weighted by Crippen LogP contribution is 2.20. The standard InChI is InChI=1S/C21H21BrN2O4/c22-17-7-4-8-18(12-17)23-19(25)14-28-21(27)16-11-20(26)24(13-16)10-9-15-5-2-1-3-6-15/h1-8,12,16H,9-11,13-14H2,(H,23,25)/t16-/m1/s1. The molecule has 0 aliphatic carbocycles. The minimum absolute atomic E-state index is 0.0588. The first-order valence-electron chi connectivity index (χ1n) is 9.05. The summed E-state index contributed by atoms with van der Waals surface area (Å²) in [5, 5.41) is 2.66. The SMILES string of the molecule is O=C(COC(=O)[C@@H]1CC(=O)N(CCc2ccccc2)C1)Nc1cccc(Br)c1. The summed E-state index contributed by atoms with van der Waals surface area (Å²) in [6.07, 6.45) is 0.865. The molecule has 6 nitrogen and oxygen atoms in total. The zero-order chi connectivity index (χ0) is 19.9. The van der Waals surface area contributed by atoms with E-state index in [-0.39, 0.29) is 18.9 Å². The molecule has 28 heavy (non-hydrogen) atoms. The molecule has 1 saturated heterocycles. The molecule has 0 spiro atoms. The van der Waals surface area contributed by atoms with Gasteiger partial charge in [0, 0.05) is 29.7 Å². The van der Waals surface area contributed by atoms with E-state index in [1.165, 1.54) is 0 Å². The van der Waals surface area contributed by atoms with Crippen molar-refractivity contribution in [2.45, 2.75) is 12.8 Å². The van der Waals surface area contributed by atoms with Crippen LogP contribution in [0.25, 0.3) is 0 Å². The molecule has 146 valence electrons. The number of likely N-dealkylation sites (tertiary alicyclic amines) is 1. The molecule has 2 amide bonds. The topological polar surface area (TPSA) is 75.7 Å². The molecule has 1 aliphatic rings. The van der Waals surface area contributed by atoms with Crippen LogP contribution in [0.5, 0.6) is 0 Å². The van der Waals surface area contributed by atoms with Gasteiger partial charge < -0.3 is 15.0 Å². The first-order valence-corrected chi connectivity index (χ1v) is 9.84. The highest BCUT2D eigenvalue weighted by molar-refractivity contribution is 9.10. The van der Waals surface area contributed by atoms with Crippen LogP contribution >= 0.6 is 15.9 Å². The second-order valence-electron chi connectivity index (χ2n) is 6.64. The lowest BCUT2D eigenvalue weighted by Gasteiger charge is -2.16. The molecule has 0 saturated carbocycles. The van der Waals surface area contributed by atoms with E-state index in [4.69, 9.17) is 4.74 Å². The third-order valence-corrected chi connectivity index (χ3v) is 5.01. The van der Waals surface area contributed by atoms with Gasteiger partial charge in [0.1, 0.15) is 0 Å². The maximum atomic E-state index is 12.2. The van der Waals surface area contributed by atoms with Gasteiger partial charge >= 0.3 is 5.97 Å². The molecule has 1 fully saturated rings. The number of benzene rings is 2. The lowest BCUT2D eigenvalue weighted by Crippen LogP contribution is -2.29. The number of nitrogens with zero attached hydrogens (tertiary/aromatic N) is 1. The van der Waals surface area contributed by atoms with Gasteiger partial charge in [-0.25, -0.2) is 0 Å². The molecule has 2 aromatic carbocycles. The van der Waals surface area contributed by atoms with Crippen molar-refractivity contribution in [3.63, 3.8) is 0 Å². The zero-order valence-corrected chi connectivity index (χ0v) is 16.9. The van der Waals surface area contributed by atoms with Crippen LogP contribution in [0.2, 0.25) is 0 Å². The molecule has 0 unspecified atom stereocenters.